The Kier molecular flexibility index (Phi) is 11.9. The van der Waals surface area contributed by atoms with Crippen molar-refractivity contribution in [1.29, 1.82) is 0 Å². The first-order chi connectivity index (χ1) is 29.3. The molecular formula is C58H54N2. The Labute approximate surface area is 357 Å². The topological polar surface area (TPSA) is 29.3 Å². The van der Waals surface area contributed by atoms with Gasteiger partial charge in [-0.25, -0.2) is 0 Å². The third-order valence-electron chi connectivity index (χ3n) is 12.1. The van der Waals surface area contributed by atoms with E-state index < -0.39 is 0 Å². The summed E-state index contributed by atoms with van der Waals surface area (Å²) in [7, 11) is 0. The molecule has 0 bridgehead atoms. The van der Waals surface area contributed by atoms with Crippen molar-refractivity contribution in [3.05, 3.63) is 233 Å². The van der Waals surface area contributed by atoms with Gasteiger partial charge in [-0.1, -0.05) is 171 Å². The Bertz CT molecular complexity index is 2730. The van der Waals surface area contributed by atoms with Gasteiger partial charge in [0.1, 0.15) is 0 Å². The molecule has 2 aliphatic rings. The quantitative estimate of drug-likeness (QED) is 0.105. The highest BCUT2D eigenvalue weighted by Crippen LogP contribution is 2.45. The van der Waals surface area contributed by atoms with Gasteiger partial charge in [-0.15, -0.1) is 0 Å². The van der Waals surface area contributed by atoms with E-state index in [1.807, 2.05) is 24.3 Å². The minimum Gasteiger partial charge on any atom is -0.398 e. The summed E-state index contributed by atoms with van der Waals surface area (Å²) < 4.78 is 0. The van der Waals surface area contributed by atoms with Crippen molar-refractivity contribution in [3.8, 4) is 22.3 Å². The van der Waals surface area contributed by atoms with Crippen LogP contribution in [0.1, 0.15) is 66.5 Å². The molecule has 2 nitrogen and oxygen atoms in total. The highest BCUT2D eigenvalue weighted by atomic mass is 15.2. The van der Waals surface area contributed by atoms with Crippen molar-refractivity contribution in [2.75, 3.05) is 10.6 Å². The molecule has 6 aromatic rings. The molecule has 6 aromatic carbocycles. The molecule has 1 atom stereocenters. The van der Waals surface area contributed by atoms with Gasteiger partial charge >= 0.3 is 0 Å². The van der Waals surface area contributed by atoms with E-state index >= 15 is 0 Å². The summed E-state index contributed by atoms with van der Waals surface area (Å²) in [6.07, 6.45) is 20.5. The lowest BCUT2D eigenvalue weighted by molar-refractivity contribution is 0.757. The number of nitrogens with zero attached hydrogens (tertiary/aromatic N) is 1. The molecule has 0 aliphatic heterocycles. The molecule has 2 heteroatoms. The number of aryl methyl sites for hydroxylation is 2. The first-order valence-corrected chi connectivity index (χ1v) is 21.2. The van der Waals surface area contributed by atoms with Crippen LogP contribution in [0.3, 0.4) is 0 Å². The van der Waals surface area contributed by atoms with E-state index in [2.05, 4.69) is 203 Å². The number of allylic oxidation sites excluding steroid dienone is 12. The Morgan fingerprint density at radius 2 is 1.43 bits per heavy atom. The van der Waals surface area contributed by atoms with E-state index in [9.17, 15) is 0 Å². The van der Waals surface area contributed by atoms with Crippen LogP contribution in [0, 0.1) is 19.8 Å². The molecule has 2 aliphatic carbocycles. The van der Waals surface area contributed by atoms with Gasteiger partial charge in [-0.3, -0.25) is 0 Å². The van der Waals surface area contributed by atoms with Crippen LogP contribution in [0.2, 0.25) is 0 Å². The fourth-order valence-corrected chi connectivity index (χ4v) is 8.77. The number of benzene rings is 6. The Morgan fingerprint density at radius 3 is 2.18 bits per heavy atom. The van der Waals surface area contributed by atoms with Crippen molar-refractivity contribution < 1.29 is 0 Å². The summed E-state index contributed by atoms with van der Waals surface area (Å²) in [6, 6.07) is 50.0. The van der Waals surface area contributed by atoms with E-state index in [4.69, 9.17) is 5.73 Å². The molecule has 60 heavy (non-hydrogen) atoms. The third-order valence-corrected chi connectivity index (χ3v) is 12.1. The lowest BCUT2D eigenvalue weighted by Crippen LogP contribution is -2.21. The summed E-state index contributed by atoms with van der Waals surface area (Å²) in [5, 5.41) is 0. The van der Waals surface area contributed by atoms with E-state index in [1.165, 1.54) is 50.4 Å². The second-order valence-corrected chi connectivity index (χ2v) is 16.1. The molecule has 0 saturated carbocycles. The Morgan fingerprint density at radius 1 is 0.717 bits per heavy atom. The van der Waals surface area contributed by atoms with Crippen LogP contribution in [-0.2, 0) is 0 Å². The Hall–Kier alpha value is -6.90. The summed E-state index contributed by atoms with van der Waals surface area (Å²) in [5.41, 5.74) is 28.2. The van der Waals surface area contributed by atoms with E-state index in [1.54, 1.807) is 0 Å². The fraction of sp³-hybridized carbons (Fsp3) is 0.138. The maximum atomic E-state index is 6.66. The van der Waals surface area contributed by atoms with Gasteiger partial charge in [0.05, 0.1) is 5.69 Å². The van der Waals surface area contributed by atoms with Gasteiger partial charge in [-0.2, -0.15) is 0 Å². The molecule has 296 valence electrons. The van der Waals surface area contributed by atoms with Gasteiger partial charge in [-0.05, 0) is 144 Å². The zero-order chi connectivity index (χ0) is 41.6. The molecule has 0 fully saturated rings. The van der Waals surface area contributed by atoms with Crippen LogP contribution in [-0.4, -0.2) is 0 Å². The molecular weight excluding hydrogens is 725 g/mol. The van der Waals surface area contributed by atoms with Crippen molar-refractivity contribution in [3.63, 3.8) is 0 Å². The van der Waals surface area contributed by atoms with Crippen LogP contribution < -0.4 is 10.6 Å². The molecule has 8 rings (SSSR count). The summed E-state index contributed by atoms with van der Waals surface area (Å²) in [5.74, 6) is 0.428. The first-order valence-electron chi connectivity index (χ1n) is 21.2. The standard InChI is InChI=1S/C58H54N2/c1-6-17-44(45-21-8-7-9-22-45)29-30-47-31-32-48(38-55(47)53-25-14-15-26-56(53)59)46-33-36-49(37-34-46)60(50-35-28-42(4)54(39-50)51-23-12-10-18-40(51)2)57-27-16-20-43(5)58(57)52-24-13-11-19-41(52)3/h6-18,20-27,29-34,36-39,41H,1,19,28,35,59H2,2-5H3/b30-29-,44-17+. The average molecular weight is 779 g/mol. The zero-order valence-corrected chi connectivity index (χ0v) is 35.3. The number of rotatable bonds is 11. The largest absolute Gasteiger partial charge is 0.398 e. The zero-order valence-electron chi connectivity index (χ0n) is 35.3. The molecule has 0 spiro atoms. The normalized spacial score (nSPS) is 15.5. The van der Waals surface area contributed by atoms with E-state index in [0.717, 1.165) is 69.6 Å². The minimum absolute atomic E-state index is 0.428. The monoisotopic (exact) mass is 778 g/mol. The predicted molar refractivity (Wildman–Crippen MR) is 261 cm³/mol. The minimum atomic E-state index is 0.428. The number of nitrogen functional groups attached to an aromatic ring is 1. The molecule has 0 amide bonds. The maximum absolute atomic E-state index is 6.66. The number of anilines is 3. The van der Waals surface area contributed by atoms with E-state index in [-0.39, 0.29) is 0 Å². The number of para-hydroxylation sites is 1. The molecule has 0 radical (unpaired) electrons. The van der Waals surface area contributed by atoms with Crippen molar-refractivity contribution >= 4 is 39.9 Å². The van der Waals surface area contributed by atoms with Gasteiger partial charge < -0.3 is 10.6 Å². The molecule has 0 heterocycles. The second kappa shape index (κ2) is 17.9. The number of hydrogen-bond donors (Lipinski definition) is 1. The summed E-state index contributed by atoms with van der Waals surface area (Å²) in [4.78, 5) is 2.54. The predicted octanol–water partition coefficient (Wildman–Crippen LogP) is 15.8. The second-order valence-electron chi connectivity index (χ2n) is 16.1. The van der Waals surface area contributed by atoms with Gasteiger partial charge in [0, 0.05) is 28.2 Å². The molecule has 0 saturated heterocycles. The van der Waals surface area contributed by atoms with Crippen LogP contribution in [0.4, 0.5) is 17.1 Å². The van der Waals surface area contributed by atoms with Crippen molar-refractivity contribution in [2.45, 2.75) is 47.0 Å². The van der Waals surface area contributed by atoms with Crippen molar-refractivity contribution in [2.24, 2.45) is 5.92 Å². The molecule has 0 aromatic heterocycles. The first kappa shape index (κ1) is 39.9. The smallest absolute Gasteiger partial charge is 0.0536 e. The average Bonchev–Trinajstić information content (AvgIpc) is 3.27. The van der Waals surface area contributed by atoms with Gasteiger partial charge in [0.2, 0.25) is 0 Å². The van der Waals surface area contributed by atoms with Gasteiger partial charge in [0.15, 0.2) is 0 Å². The van der Waals surface area contributed by atoms with Crippen LogP contribution in [0.25, 0.3) is 45.0 Å². The number of nitrogens with two attached hydrogens (primary N) is 1. The fourth-order valence-electron chi connectivity index (χ4n) is 8.77. The highest BCUT2D eigenvalue weighted by molar-refractivity contribution is 5.91. The van der Waals surface area contributed by atoms with Crippen LogP contribution in [0.5, 0.6) is 0 Å². The number of hydrogen-bond acceptors (Lipinski definition) is 2. The molecule has 1 unspecified atom stereocenters. The lowest BCUT2D eigenvalue weighted by atomic mass is 9.84. The SMILES string of the molecule is C=C/C=C(\C=C/c1ccc(-c2ccc(N(C3=CC(c4ccccc4C)=C(C)CC3)c3cccc(C)c3C3=CC=CCC3C)cc2)cc1-c1ccccc1N)c1ccccc1. The Balaban J connectivity index is 1.23. The van der Waals surface area contributed by atoms with Crippen molar-refractivity contribution in [1.82, 2.24) is 0 Å². The lowest BCUT2D eigenvalue weighted by Gasteiger charge is -2.34. The summed E-state index contributed by atoms with van der Waals surface area (Å²) >= 11 is 0. The van der Waals surface area contributed by atoms with E-state index in [0.29, 0.717) is 5.92 Å². The van der Waals surface area contributed by atoms with Crippen LogP contribution in [0.15, 0.2) is 200 Å². The summed E-state index contributed by atoms with van der Waals surface area (Å²) in [6.45, 7) is 13.1. The maximum Gasteiger partial charge on any atom is 0.0536 e. The third kappa shape index (κ3) is 8.33. The molecule has 2 N–H and O–H groups in total. The van der Waals surface area contributed by atoms with Crippen LogP contribution >= 0.6 is 0 Å². The highest BCUT2D eigenvalue weighted by Gasteiger charge is 2.26. The van der Waals surface area contributed by atoms with Gasteiger partial charge in [0.25, 0.3) is 0 Å².